The van der Waals surface area contributed by atoms with E-state index < -0.39 is 11.8 Å². The van der Waals surface area contributed by atoms with Crippen molar-refractivity contribution in [2.45, 2.75) is 12.8 Å². The molecule has 0 saturated heterocycles. The Balaban J connectivity index is 1.61. The fourth-order valence-corrected chi connectivity index (χ4v) is 4.42. The first-order valence-electron chi connectivity index (χ1n) is 11.1. The Labute approximate surface area is 212 Å². The van der Waals surface area contributed by atoms with E-state index in [1.54, 1.807) is 67.6 Å². The highest BCUT2D eigenvalue weighted by Gasteiger charge is 2.38. The largest absolute Gasteiger partial charge is 0.460 e. The maximum atomic E-state index is 12.7. The molecule has 1 N–H and O–H groups in total. The third-order valence-electron chi connectivity index (χ3n) is 6.05. The van der Waals surface area contributed by atoms with E-state index in [1.165, 1.54) is 6.20 Å². The normalized spacial score (nSPS) is 17.3. The molecule has 4 aromatic rings. The maximum absolute atomic E-state index is 12.7. The highest BCUT2D eigenvalue weighted by molar-refractivity contribution is 6.30. The lowest BCUT2D eigenvalue weighted by molar-refractivity contribution is 0.102. The molecule has 1 aliphatic heterocycles. The summed E-state index contributed by atoms with van der Waals surface area (Å²) in [5, 5.41) is 24.1. The Hall–Kier alpha value is -4.72. The van der Waals surface area contributed by atoms with Crippen LogP contribution in [0.5, 0.6) is 0 Å². The number of allylic oxidation sites excluding steroid dienone is 1. The van der Waals surface area contributed by atoms with E-state index in [2.05, 4.69) is 27.4 Å². The predicted molar refractivity (Wildman–Crippen MR) is 137 cm³/mol. The monoisotopic (exact) mass is 491 g/mol. The number of benzene rings is 2. The van der Waals surface area contributed by atoms with E-state index in [9.17, 15) is 15.3 Å². The lowest BCUT2D eigenvalue weighted by Gasteiger charge is -2.26. The van der Waals surface area contributed by atoms with Gasteiger partial charge in [-0.2, -0.15) is 10.5 Å². The molecule has 0 radical (unpaired) electrons. The van der Waals surface area contributed by atoms with Gasteiger partial charge in [0.2, 0.25) is 0 Å². The van der Waals surface area contributed by atoms with Crippen LogP contribution < -0.4 is 5.32 Å². The van der Waals surface area contributed by atoms with Crippen LogP contribution in [-0.2, 0) is 0 Å². The van der Waals surface area contributed by atoms with Crippen molar-refractivity contribution in [1.29, 1.82) is 10.5 Å². The summed E-state index contributed by atoms with van der Waals surface area (Å²) < 4.78 is 6.15. The van der Waals surface area contributed by atoms with Gasteiger partial charge in [-0.25, -0.2) is 4.98 Å². The van der Waals surface area contributed by atoms with E-state index in [0.717, 1.165) is 0 Å². The Kier molecular flexibility index (Phi) is 6.08. The predicted octanol–water partition coefficient (Wildman–Crippen LogP) is 6.37. The van der Waals surface area contributed by atoms with E-state index in [1.807, 2.05) is 6.07 Å². The van der Waals surface area contributed by atoms with Crippen LogP contribution in [0.15, 0.2) is 87.9 Å². The average molecular weight is 492 g/mol. The second-order valence-corrected chi connectivity index (χ2v) is 8.70. The van der Waals surface area contributed by atoms with Gasteiger partial charge in [0.15, 0.2) is 0 Å². The van der Waals surface area contributed by atoms with Gasteiger partial charge in [0.25, 0.3) is 5.91 Å². The van der Waals surface area contributed by atoms with Gasteiger partial charge < -0.3 is 9.73 Å². The maximum Gasteiger partial charge on any atom is 0.256 e. The molecule has 2 aromatic carbocycles. The molecule has 8 heteroatoms. The summed E-state index contributed by atoms with van der Waals surface area (Å²) >= 11 is 6.04. The van der Waals surface area contributed by atoms with Crippen molar-refractivity contribution in [3.05, 3.63) is 100 Å². The summed E-state index contributed by atoms with van der Waals surface area (Å²) in [6.45, 7) is 1.76. The van der Waals surface area contributed by atoms with Crippen molar-refractivity contribution in [1.82, 2.24) is 4.98 Å². The van der Waals surface area contributed by atoms with Crippen molar-refractivity contribution in [2.75, 3.05) is 5.32 Å². The molecule has 0 saturated carbocycles. The molecule has 0 bridgehead atoms. The summed E-state index contributed by atoms with van der Waals surface area (Å²) in [6.07, 6.45) is 1.53. The summed E-state index contributed by atoms with van der Waals surface area (Å²) in [5.41, 5.74) is 3.04. The van der Waals surface area contributed by atoms with Crippen LogP contribution in [0, 0.1) is 28.6 Å². The van der Waals surface area contributed by atoms with Crippen LogP contribution in [0.1, 0.15) is 34.5 Å². The third kappa shape index (κ3) is 4.13. The molecule has 3 heterocycles. The van der Waals surface area contributed by atoms with Crippen molar-refractivity contribution < 1.29 is 9.21 Å². The van der Waals surface area contributed by atoms with Gasteiger partial charge >= 0.3 is 0 Å². The molecule has 0 aliphatic carbocycles. The Morgan fingerprint density at radius 2 is 1.83 bits per heavy atom. The molecule has 2 aromatic heterocycles. The van der Waals surface area contributed by atoms with Gasteiger partial charge in [-0.3, -0.25) is 9.79 Å². The fourth-order valence-electron chi connectivity index (χ4n) is 4.29. The topological polar surface area (TPSA) is 115 Å². The Morgan fingerprint density at radius 3 is 2.53 bits per heavy atom. The minimum atomic E-state index is -0.702. The minimum Gasteiger partial charge on any atom is -0.460 e. The number of aromatic nitrogens is 1. The molecule has 7 nitrogen and oxygen atoms in total. The number of hydrogen-bond acceptors (Lipinski definition) is 6. The van der Waals surface area contributed by atoms with Gasteiger partial charge in [-0.1, -0.05) is 41.9 Å². The zero-order valence-corrected chi connectivity index (χ0v) is 19.8. The summed E-state index contributed by atoms with van der Waals surface area (Å²) in [6, 6.07) is 23.8. The van der Waals surface area contributed by atoms with Crippen LogP contribution in [0.2, 0.25) is 5.02 Å². The number of carbonyl (C=O) groups excluding carboxylic acids is 1. The number of amides is 1. The Bertz CT molecular complexity index is 1620. The molecule has 2 atom stereocenters. The van der Waals surface area contributed by atoms with Crippen LogP contribution in [0.4, 0.5) is 5.82 Å². The minimum absolute atomic E-state index is 0.309. The van der Waals surface area contributed by atoms with Crippen LogP contribution in [0.3, 0.4) is 0 Å². The van der Waals surface area contributed by atoms with Crippen molar-refractivity contribution >= 4 is 45.7 Å². The van der Waals surface area contributed by atoms with Crippen LogP contribution >= 0.6 is 11.6 Å². The van der Waals surface area contributed by atoms with E-state index in [-0.39, 0.29) is 5.91 Å². The highest BCUT2D eigenvalue weighted by Crippen LogP contribution is 2.43. The number of fused-ring (bicyclic) bond motifs is 1. The number of aliphatic imine (C=N–C) groups is 1. The zero-order chi connectivity index (χ0) is 25.2. The number of pyridine rings is 1. The molecule has 174 valence electrons. The first-order chi connectivity index (χ1) is 17.5. The molecule has 2 unspecified atom stereocenters. The number of hydrogen-bond donors (Lipinski definition) is 1. The average Bonchev–Trinajstić information content (AvgIpc) is 3.34. The van der Waals surface area contributed by atoms with E-state index >= 15 is 0 Å². The molecule has 36 heavy (non-hydrogen) atoms. The quantitative estimate of drug-likeness (QED) is 0.356. The zero-order valence-electron chi connectivity index (χ0n) is 19.1. The molecular formula is C28H18ClN5O2. The van der Waals surface area contributed by atoms with E-state index in [4.69, 9.17) is 16.0 Å². The van der Waals surface area contributed by atoms with Crippen molar-refractivity contribution in [3.63, 3.8) is 0 Å². The van der Waals surface area contributed by atoms with Gasteiger partial charge in [0.05, 0.1) is 40.6 Å². The SMILES string of the molecule is CC1=NC(c2ccc(Cl)cc2)=C(C#N)C(c2cc3c(NC(=O)c4ccccc4)nccc3o2)C1C#N. The lowest BCUT2D eigenvalue weighted by atomic mass is 9.78. The summed E-state index contributed by atoms with van der Waals surface area (Å²) in [7, 11) is 0. The number of halogens is 1. The highest BCUT2D eigenvalue weighted by atomic mass is 35.5. The van der Waals surface area contributed by atoms with Gasteiger partial charge in [-0.15, -0.1) is 0 Å². The molecule has 0 fully saturated rings. The molecule has 1 aliphatic rings. The fraction of sp³-hybridized carbons (Fsp3) is 0.107. The number of rotatable bonds is 4. The lowest BCUT2D eigenvalue weighted by Crippen LogP contribution is -2.24. The van der Waals surface area contributed by atoms with Gasteiger partial charge in [-0.05, 0) is 43.3 Å². The third-order valence-corrected chi connectivity index (χ3v) is 6.31. The first kappa shape index (κ1) is 23.0. The van der Waals surface area contributed by atoms with Crippen LogP contribution in [-0.4, -0.2) is 16.6 Å². The molecule has 0 spiro atoms. The smallest absolute Gasteiger partial charge is 0.256 e. The van der Waals surface area contributed by atoms with Crippen molar-refractivity contribution in [3.8, 4) is 12.1 Å². The molecule has 5 rings (SSSR count). The van der Waals surface area contributed by atoms with E-state index in [0.29, 0.717) is 55.7 Å². The van der Waals surface area contributed by atoms with Crippen molar-refractivity contribution in [2.24, 2.45) is 10.9 Å². The number of carbonyl (C=O) groups is 1. The second-order valence-electron chi connectivity index (χ2n) is 8.26. The number of nitrogens with one attached hydrogen (secondary N) is 1. The second kappa shape index (κ2) is 9.50. The molecular weight excluding hydrogens is 474 g/mol. The number of nitriles is 2. The molecule has 1 amide bonds. The summed E-state index contributed by atoms with van der Waals surface area (Å²) in [4.78, 5) is 21.7. The number of nitrogens with zero attached hydrogens (tertiary/aromatic N) is 4. The first-order valence-corrected chi connectivity index (χ1v) is 11.5. The Morgan fingerprint density at radius 1 is 1.08 bits per heavy atom. The summed E-state index contributed by atoms with van der Waals surface area (Å²) in [5.74, 6) is -0.958. The van der Waals surface area contributed by atoms with Gasteiger partial charge in [0, 0.05) is 28.1 Å². The standard InChI is InChI=1S/C28H18ClN5O2/c1-16-21(14-30)25(22(15-31)26(33-16)17-7-9-19(29)10-8-17)24-13-20-23(36-24)11-12-32-27(20)34-28(35)18-5-3-2-4-6-18/h2-13,21,25H,1H3,(H,32,34,35). The van der Waals surface area contributed by atoms with Gasteiger partial charge in [0.1, 0.15) is 17.2 Å². The number of furan rings is 1. The number of anilines is 1. The van der Waals surface area contributed by atoms with Crippen LogP contribution in [0.25, 0.3) is 16.7 Å².